The van der Waals surface area contributed by atoms with Gasteiger partial charge in [0.2, 0.25) is 0 Å². The van der Waals surface area contributed by atoms with E-state index in [1.807, 2.05) is 7.05 Å². The molecule has 1 fully saturated rings. The van der Waals surface area contributed by atoms with Crippen molar-refractivity contribution in [2.24, 2.45) is 5.92 Å². The molecule has 0 radical (unpaired) electrons. The summed E-state index contributed by atoms with van der Waals surface area (Å²) in [5.41, 5.74) is 3.55. The van der Waals surface area contributed by atoms with Crippen LogP contribution in [0.25, 0.3) is 0 Å². The molecular weight excluding hydrogens is 262 g/mol. The summed E-state index contributed by atoms with van der Waals surface area (Å²) in [5, 5.41) is 6.61. The molecule has 0 aromatic heterocycles. The highest BCUT2D eigenvalue weighted by atomic mass is 16.2. The molecule has 21 heavy (non-hydrogen) atoms. The smallest absolute Gasteiger partial charge is 0.321 e. The van der Waals surface area contributed by atoms with Gasteiger partial charge in [0, 0.05) is 25.3 Å². The van der Waals surface area contributed by atoms with Crippen molar-refractivity contribution in [3.63, 3.8) is 0 Å². The Morgan fingerprint density at radius 2 is 2.14 bits per heavy atom. The van der Waals surface area contributed by atoms with Crippen LogP contribution in [0.1, 0.15) is 49.8 Å². The lowest BCUT2D eigenvalue weighted by atomic mass is 9.90. The van der Waals surface area contributed by atoms with Crippen molar-refractivity contribution in [1.82, 2.24) is 10.2 Å². The fourth-order valence-corrected chi connectivity index (χ4v) is 3.67. The van der Waals surface area contributed by atoms with E-state index in [1.54, 1.807) is 4.90 Å². The van der Waals surface area contributed by atoms with Gasteiger partial charge < -0.3 is 15.5 Å². The molecule has 2 amide bonds. The van der Waals surface area contributed by atoms with E-state index in [2.05, 4.69) is 35.8 Å². The van der Waals surface area contributed by atoms with Crippen molar-refractivity contribution in [3.8, 4) is 0 Å². The second-order valence-electron chi connectivity index (χ2n) is 6.28. The molecule has 1 heterocycles. The van der Waals surface area contributed by atoms with Crippen molar-refractivity contribution in [1.29, 1.82) is 0 Å². The van der Waals surface area contributed by atoms with Crippen LogP contribution in [0.15, 0.2) is 18.2 Å². The van der Waals surface area contributed by atoms with Crippen molar-refractivity contribution in [2.75, 3.05) is 18.9 Å². The number of carbonyl (C=O) groups excluding carboxylic acids is 1. The Kier molecular flexibility index (Phi) is 4.15. The lowest BCUT2D eigenvalue weighted by Crippen LogP contribution is -2.35. The second-order valence-corrected chi connectivity index (χ2v) is 6.28. The SMILES string of the molecule is CCNC(c1ccc2c(c1)CN(C)C(=O)N2)C1CCCC1. The van der Waals surface area contributed by atoms with Crippen LogP contribution in [0.4, 0.5) is 10.5 Å². The Morgan fingerprint density at radius 3 is 2.86 bits per heavy atom. The first-order chi connectivity index (χ1) is 10.2. The van der Waals surface area contributed by atoms with E-state index >= 15 is 0 Å². The molecule has 1 aliphatic carbocycles. The molecule has 4 nitrogen and oxygen atoms in total. The molecule has 1 aromatic carbocycles. The number of amides is 2. The monoisotopic (exact) mass is 287 g/mol. The number of benzene rings is 1. The summed E-state index contributed by atoms with van der Waals surface area (Å²) < 4.78 is 0. The minimum Gasteiger partial charge on any atom is -0.323 e. The predicted octanol–water partition coefficient (Wildman–Crippen LogP) is 3.50. The highest BCUT2D eigenvalue weighted by Crippen LogP contribution is 2.37. The summed E-state index contributed by atoms with van der Waals surface area (Å²) in [5.74, 6) is 0.749. The standard InChI is InChI=1S/C17H25N3O/c1-3-18-16(12-6-4-5-7-12)13-8-9-15-14(10-13)11-20(2)17(21)19-15/h8-10,12,16,18H,3-7,11H2,1-2H3,(H,19,21). The Hall–Kier alpha value is -1.55. The number of urea groups is 1. The third-order valence-corrected chi connectivity index (χ3v) is 4.78. The van der Waals surface area contributed by atoms with Crippen molar-refractivity contribution < 1.29 is 4.79 Å². The maximum Gasteiger partial charge on any atom is 0.321 e. The topological polar surface area (TPSA) is 44.4 Å². The molecule has 0 saturated heterocycles. The molecule has 3 rings (SSSR count). The molecular formula is C17H25N3O. The van der Waals surface area contributed by atoms with Gasteiger partial charge in [0.15, 0.2) is 0 Å². The Balaban J connectivity index is 1.87. The van der Waals surface area contributed by atoms with Gasteiger partial charge in [0.1, 0.15) is 0 Å². The number of rotatable bonds is 4. The lowest BCUT2D eigenvalue weighted by molar-refractivity contribution is 0.218. The van der Waals surface area contributed by atoms with Gasteiger partial charge in [-0.3, -0.25) is 0 Å². The van der Waals surface area contributed by atoms with E-state index in [9.17, 15) is 4.79 Å². The average molecular weight is 287 g/mol. The molecule has 1 atom stereocenters. The first-order valence-corrected chi connectivity index (χ1v) is 8.07. The molecule has 0 spiro atoms. The van der Waals surface area contributed by atoms with Crippen LogP contribution in [-0.4, -0.2) is 24.5 Å². The lowest BCUT2D eigenvalue weighted by Gasteiger charge is -2.29. The largest absolute Gasteiger partial charge is 0.323 e. The maximum absolute atomic E-state index is 11.7. The van der Waals surface area contributed by atoms with Crippen LogP contribution in [-0.2, 0) is 6.54 Å². The quantitative estimate of drug-likeness (QED) is 0.890. The summed E-state index contributed by atoms with van der Waals surface area (Å²) in [7, 11) is 1.84. The highest BCUT2D eigenvalue weighted by Gasteiger charge is 2.27. The third-order valence-electron chi connectivity index (χ3n) is 4.78. The molecule has 1 aromatic rings. The molecule has 0 bridgehead atoms. The second kappa shape index (κ2) is 6.06. The summed E-state index contributed by atoms with van der Waals surface area (Å²) in [4.78, 5) is 13.4. The Morgan fingerprint density at radius 1 is 1.38 bits per heavy atom. The van der Waals surface area contributed by atoms with E-state index in [0.717, 1.165) is 18.2 Å². The van der Waals surface area contributed by atoms with E-state index in [-0.39, 0.29) is 6.03 Å². The minimum atomic E-state index is -0.0192. The van der Waals surface area contributed by atoms with Gasteiger partial charge in [0.05, 0.1) is 0 Å². The van der Waals surface area contributed by atoms with Gasteiger partial charge in [0.25, 0.3) is 0 Å². The first-order valence-electron chi connectivity index (χ1n) is 8.07. The van der Waals surface area contributed by atoms with Crippen LogP contribution in [0.2, 0.25) is 0 Å². The van der Waals surface area contributed by atoms with Gasteiger partial charge in [-0.15, -0.1) is 0 Å². The van der Waals surface area contributed by atoms with E-state index in [0.29, 0.717) is 12.6 Å². The van der Waals surface area contributed by atoms with Gasteiger partial charge in [-0.2, -0.15) is 0 Å². The van der Waals surface area contributed by atoms with E-state index in [4.69, 9.17) is 0 Å². The zero-order valence-corrected chi connectivity index (χ0v) is 13.0. The molecule has 1 unspecified atom stereocenters. The highest BCUT2D eigenvalue weighted by molar-refractivity contribution is 5.92. The normalized spacial score (nSPS) is 20.3. The Labute approximate surface area is 126 Å². The minimum absolute atomic E-state index is 0.0192. The van der Waals surface area contributed by atoms with Crippen molar-refractivity contribution in [2.45, 2.75) is 45.2 Å². The van der Waals surface area contributed by atoms with Crippen LogP contribution < -0.4 is 10.6 Å². The van der Waals surface area contributed by atoms with Crippen molar-refractivity contribution in [3.05, 3.63) is 29.3 Å². The van der Waals surface area contributed by atoms with E-state index < -0.39 is 0 Å². The van der Waals surface area contributed by atoms with Crippen LogP contribution in [0.3, 0.4) is 0 Å². The third kappa shape index (κ3) is 2.91. The summed E-state index contributed by atoms with van der Waals surface area (Å²) >= 11 is 0. The summed E-state index contributed by atoms with van der Waals surface area (Å²) in [6.45, 7) is 3.86. The van der Waals surface area contributed by atoms with Gasteiger partial charge >= 0.3 is 6.03 Å². The average Bonchev–Trinajstić information content (AvgIpc) is 2.99. The van der Waals surface area contributed by atoms with Crippen LogP contribution in [0, 0.1) is 5.92 Å². The molecule has 1 saturated carbocycles. The molecule has 1 aliphatic heterocycles. The maximum atomic E-state index is 11.7. The van der Waals surface area contributed by atoms with E-state index in [1.165, 1.54) is 36.8 Å². The number of fused-ring (bicyclic) bond motifs is 1. The molecule has 4 heteroatoms. The molecule has 2 N–H and O–H groups in total. The number of hydrogen-bond acceptors (Lipinski definition) is 2. The van der Waals surface area contributed by atoms with Gasteiger partial charge in [-0.1, -0.05) is 31.9 Å². The zero-order chi connectivity index (χ0) is 14.8. The zero-order valence-electron chi connectivity index (χ0n) is 13.0. The number of carbonyl (C=O) groups is 1. The fraction of sp³-hybridized carbons (Fsp3) is 0.588. The summed E-state index contributed by atoms with van der Waals surface area (Å²) in [6.07, 6.45) is 5.36. The molecule has 2 aliphatic rings. The van der Waals surface area contributed by atoms with Crippen LogP contribution in [0.5, 0.6) is 0 Å². The van der Waals surface area contributed by atoms with Crippen molar-refractivity contribution >= 4 is 11.7 Å². The fourth-order valence-electron chi connectivity index (χ4n) is 3.67. The number of anilines is 1. The summed E-state index contributed by atoms with van der Waals surface area (Å²) in [6, 6.07) is 6.95. The van der Waals surface area contributed by atoms with Gasteiger partial charge in [-0.25, -0.2) is 4.79 Å². The van der Waals surface area contributed by atoms with Crippen LogP contribution >= 0.6 is 0 Å². The molecule has 114 valence electrons. The Bertz CT molecular complexity index is 523. The first kappa shape index (κ1) is 14.4. The number of nitrogens with zero attached hydrogens (tertiary/aromatic N) is 1. The number of hydrogen-bond donors (Lipinski definition) is 2. The predicted molar refractivity (Wildman–Crippen MR) is 85.3 cm³/mol. The van der Waals surface area contributed by atoms with Gasteiger partial charge in [-0.05, 0) is 42.5 Å². The number of nitrogens with one attached hydrogen (secondary N) is 2.